The van der Waals surface area contributed by atoms with Crippen molar-refractivity contribution in [3.63, 3.8) is 0 Å². The van der Waals surface area contributed by atoms with Gasteiger partial charge in [-0.3, -0.25) is 4.79 Å². The molecule has 0 saturated heterocycles. The Balaban J connectivity index is 1.63. The van der Waals surface area contributed by atoms with Crippen LogP contribution in [0.5, 0.6) is 0 Å². The van der Waals surface area contributed by atoms with E-state index in [-0.39, 0.29) is 24.5 Å². The number of hydrogen-bond donors (Lipinski definition) is 6. The van der Waals surface area contributed by atoms with E-state index < -0.39 is 36.0 Å². The molecular formula is C29H28F2N4O5. The van der Waals surface area contributed by atoms with Crippen molar-refractivity contribution < 1.29 is 33.4 Å². The van der Waals surface area contributed by atoms with E-state index in [1.807, 2.05) is 18.2 Å². The molecule has 2 atom stereocenters. The molecule has 0 aliphatic carbocycles. The van der Waals surface area contributed by atoms with E-state index in [1.54, 1.807) is 31.2 Å². The normalized spacial score (nSPS) is 12.5. The number of carboxylic acid groups (broad SMARTS) is 2. The average Bonchev–Trinajstić information content (AvgIpc) is 3.29. The molecular weight excluding hydrogens is 522 g/mol. The van der Waals surface area contributed by atoms with Crippen LogP contribution < -0.4 is 16.0 Å². The van der Waals surface area contributed by atoms with E-state index in [2.05, 4.69) is 20.9 Å². The molecule has 0 aliphatic rings. The van der Waals surface area contributed by atoms with Crippen molar-refractivity contribution >= 4 is 29.0 Å². The lowest BCUT2D eigenvalue weighted by atomic mass is 9.99. The first-order valence-corrected chi connectivity index (χ1v) is 12.6. The van der Waals surface area contributed by atoms with Crippen molar-refractivity contribution in [2.45, 2.75) is 31.8 Å². The van der Waals surface area contributed by atoms with Crippen LogP contribution in [0.1, 0.15) is 30.3 Å². The third-order valence-corrected chi connectivity index (χ3v) is 6.49. The molecule has 6 N–H and O–H groups in total. The second kappa shape index (κ2) is 12.3. The third-order valence-electron chi connectivity index (χ3n) is 6.49. The van der Waals surface area contributed by atoms with E-state index in [0.717, 1.165) is 11.1 Å². The van der Waals surface area contributed by atoms with Crippen LogP contribution in [0, 0.1) is 11.6 Å². The number of halogens is 2. The monoisotopic (exact) mass is 550 g/mol. The maximum Gasteiger partial charge on any atom is 0.404 e. The van der Waals surface area contributed by atoms with E-state index >= 15 is 0 Å². The minimum absolute atomic E-state index is 0.0516. The molecule has 0 fully saturated rings. The van der Waals surface area contributed by atoms with Gasteiger partial charge in [0.05, 0.1) is 0 Å². The largest absolute Gasteiger partial charge is 0.465 e. The topological polar surface area (TPSA) is 144 Å². The van der Waals surface area contributed by atoms with E-state index in [9.17, 15) is 28.3 Å². The molecule has 9 nitrogen and oxygen atoms in total. The van der Waals surface area contributed by atoms with Crippen LogP contribution in [0.2, 0.25) is 0 Å². The van der Waals surface area contributed by atoms with Crippen LogP contribution in [0.15, 0.2) is 66.7 Å². The summed E-state index contributed by atoms with van der Waals surface area (Å²) in [6.07, 6.45) is -1.85. The lowest BCUT2D eigenvalue weighted by Crippen LogP contribution is -2.44. The highest BCUT2D eigenvalue weighted by Gasteiger charge is 2.22. The lowest BCUT2D eigenvalue weighted by molar-refractivity contribution is 0.0944. The quantitative estimate of drug-likeness (QED) is 0.153. The SMILES string of the molecule is CC(CCC(CNC(=O)c1[nH]c2cc(-c3ccc(F)cc3)ccc2c1-c1ccc(F)cc1)NC(=O)O)NC(=O)O. The standard InChI is InChI=1S/C29H28F2N4O5/c1-16(33-28(37)38)2-12-22(34-29(39)40)15-32-27(36)26-25(18-5-10-21(31)11-6-18)23-13-7-19(14-24(23)35-26)17-3-8-20(30)9-4-17/h3-11,13-14,16,22,33-35H,2,12,15H2,1H3,(H,32,36)(H,37,38)(H,39,40). The molecule has 0 bridgehead atoms. The maximum atomic E-state index is 13.7. The van der Waals surface area contributed by atoms with E-state index in [0.29, 0.717) is 28.5 Å². The molecule has 3 aromatic carbocycles. The first kappa shape index (κ1) is 28.1. The third kappa shape index (κ3) is 6.93. The van der Waals surface area contributed by atoms with Crippen LogP contribution in [-0.2, 0) is 0 Å². The van der Waals surface area contributed by atoms with Crippen molar-refractivity contribution in [2.24, 2.45) is 0 Å². The molecule has 4 aromatic rings. The van der Waals surface area contributed by atoms with Gasteiger partial charge in [-0.25, -0.2) is 18.4 Å². The molecule has 1 aromatic heterocycles. The number of hydrogen-bond acceptors (Lipinski definition) is 3. The zero-order valence-electron chi connectivity index (χ0n) is 21.5. The molecule has 1 heterocycles. The number of H-pyrrole nitrogens is 1. The fourth-order valence-corrected chi connectivity index (χ4v) is 4.54. The number of benzene rings is 3. The van der Waals surface area contributed by atoms with Gasteiger partial charge in [0.15, 0.2) is 0 Å². The summed E-state index contributed by atoms with van der Waals surface area (Å²) in [6, 6.07) is 16.1. The summed E-state index contributed by atoms with van der Waals surface area (Å²) in [7, 11) is 0. The van der Waals surface area contributed by atoms with Crippen LogP contribution in [0.3, 0.4) is 0 Å². The minimum atomic E-state index is -1.27. The Morgan fingerprint density at radius 2 is 1.38 bits per heavy atom. The summed E-state index contributed by atoms with van der Waals surface area (Å²) >= 11 is 0. The average molecular weight is 551 g/mol. The molecule has 0 saturated carbocycles. The maximum absolute atomic E-state index is 13.7. The summed E-state index contributed by atoms with van der Waals surface area (Å²) in [5.74, 6) is -1.29. The predicted octanol–water partition coefficient (Wildman–Crippen LogP) is 5.58. The Hall–Kier alpha value is -4.93. The molecule has 2 unspecified atom stereocenters. The molecule has 0 radical (unpaired) electrons. The number of carbonyl (C=O) groups is 3. The fraction of sp³-hybridized carbons (Fsp3) is 0.207. The van der Waals surface area contributed by atoms with Gasteiger partial charge >= 0.3 is 12.2 Å². The number of carbonyl (C=O) groups excluding carboxylic acids is 1. The van der Waals surface area contributed by atoms with E-state index in [4.69, 9.17) is 5.11 Å². The number of nitrogens with one attached hydrogen (secondary N) is 4. The smallest absolute Gasteiger partial charge is 0.404 e. The summed E-state index contributed by atoms with van der Waals surface area (Å²) in [5.41, 5.74) is 3.54. The second-order valence-corrected chi connectivity index (χ2v) is 9.43. The molecule has 208 valence electrons. The van der Waals surface area contributed by atoms with Crippen molar-refractivity contribution in [3.8, 4) is 22.3 Å². The number of amides is 3. The Morgan fingerprint density at radius 1 is 0.800 bits per heavy atom. The zero-order chi connectivity index (χ0) is 28.8. The fourth-order valence-electron chi connectivity index (χ4n) is 4.54. The summed E-state index contributed by atoms with van der Waals surface area (Å²) in [5, 5.41) is 26.2. The van der Waals surface area contributed by atoms with Crippen LogP contribution in [-0.4, -0.2) is 51.9 Å². The van der Waals surface area contributed by atoms with Crippen LogP contribution in [0.25, 0.3) is 33.2 Å². The van der Waals surface area contributed by atoms with Crippen LogP contribution >= 0.6 is 0 Å². The summed E-state index contributed by atoms with van der Waals surface area (Å²) in [6.45, 7) is 1.61. The van der Waals surface area contributed by atoms with Gasteiger partial charge in [0, 0.05) is 35.1 Å². The number of aromatic nitrogens is 1. The number of aromatic amines is 1. The van der Waals surface area contributed by atoms with Gasteiger partial charge < -0.3 is 31.1 Å². The molecule has 0 spiro atoms. The van der Waals surface area contributed by atoms with Gasteiger partial charge in [-0.15, -0.1) is 0 Å². The van der Waals surface area contributed by atoms with Gasteiger partial charge in [-0.2, -0.15) is 0 Å². The molecule has 11 heteroatoms. The zero-order valence-corrected chi connectivity index (χ0v) is 21.5. The minimum Gasteiger partial charge on any atom is -0.465 e. The highest BCUT2D eigenvalue weighted by Crippen LogP contribution is 2.35. The van der Waals surface area contributed by atoms with Gasteiger partial charge in [-0.1, -0.05) is 36.4 Å². The molecule has 0 aliphatic heterocycles. The Bertz CT molecular complexity index is 1520. The van der Waals surface area contributed by atoms with Crippen molar-refractivity contribution in [1.82, 2.24) is 20.9 Å². The van der Waals surface area contributed by atoms with Gasteiger partial charge in [0.25, 0.3) is 5.91 Å². The summed E-state index contributed by atoms with van der Waals surface area (Å²) in [4.78, 5) is 38.7. The number of rotatable bonds is 10. The Morgan fingerprint density at radius 3 is 1.98 bits per heavy atom. The highest BCUT2D eigenvalue weighted by atomic mass is 19.1. The molecule has 4 rings (SSSR count). The van der Waals surface area contributed by atoms with Gasteiger partial charge in [0.2, 0.25) is 0 Å². The Kier molecular flexibility index (Phi) is 8.63. The summed E-state index contributed by atoms with van der Waals surface area (Å²) < 4.78 is 27.1. The van der Waals surface area contributed by atoms with Gasteiger partial charge in [0.1, 0.15) is 17.3 Å². The highest BCUT2D eigenvalue weighted by molar-refractivity contribution is 6.10. The number of fused-ring (bicyclic) bond motifs is 1. The van der Waals surface area contributed by atoms with E-state index in [1.165, 1.54) is 24.3 Å². The van der Waals surface area contributed by atoms with Gasteiger partial charge in [-0.05, 0) is 66.8 Å². The van der Waals surface area contributed by atoms with Crippen molar-refractivity contribution in [1.29, 1.82) is 0 Å². The van der Waals surface area contributed by atoms with Crippen LogP contribution in [0.4, 0.5) is 18.4 Å². The molecule has 3 amide bonds. The second-order valence-electron chi connectivity index (χ2n) is 9.43. The predicted molar refractivity (Wildman–Crippen MR) is 146 cm³/mol. The first-order chi connectivity index (χ1) is 19.1. The first-order valence-electron chi connectivity index (χ1n) is 12.6. The van der Waals surface area contributed by atoms with Crippen molar-refractivity contribution in [3.05, 3.63) is 84.1 Å². The molecule has 40 heavy (non-hydrogen) atoms. The lowest BCUT2D eigenvalue weighted by Gasteiger charge is -2.20. The Labute approximate surface area is 228 Å². The van der Waals surface area contributed by atoms with Crippen molar-refractivity contribution in [2.75, 3.05) is 6.54 Å².